The van der Waals surface area contributed by atoms with Crippen LogP contribution in [-0.4, -0.2) is 33.0 Å². The zero-order valence-electron chi connectivity index (χ0n) is 14.8. The molecule has 0 spiro atoms. The average molecular weight is 432 g/mol. The second-order valence-corrected chi connectivity index (χ2v) is 8.14. The maximum absolute atomic E-state index is 13.3. The van der Waals surface area contributed by atoms with Crippen molar-refractivity contribution in [3.8, 4) is 5.75 Å². The number of carbonyl (C=O) groups is 1. The number of amides is 1. The highest BCUT2D eigenvalue weighted by Gasteiger charge is 2.48. The van der Waals surface area contributed by atoms with Crippen LogP contribution >= 0.6 is 0 Å². The van der Waals surface area contributed by atoms with Crippen LogP contribution in [0.25, 0.3) is 0 Å². The van der Waals surface area contributed by atoms with E-state index in [1.807, 2.05) is 0 Å². The SMILES string of the molecule is O=C1CCc2cc(OCCNc3ccc(F)cc3S(=O)(=O)C(F)(F)F)ccc2N1. The lowest BCUT2D eigenvalue weighted by Gasteiger charge is -2.18. The van der Waals surface area contributed by atoms with E-state index in [4.69, 9.17) is 4.74 Å². The van der Waals surface area contributed by atoms with Crippen LogP contribution in [0.1, 0.15) is 12.0 Å². The predicted molar refractivity (Wildman–Crippen MR) is 97.0 cm³/mol. The van der Waals surface area contributed by atoms with E-state index in [-0.39, 0.29) is 24.7 Å². The number of halogens is 4. The van der Waals surface area contributed by atoms with Gasteiger partial charge in [-0.15, -0.1) is 0 Å². The van der Waals surface area contributed by atoms with Gasteiger partial charge in [-0.25, -0.2) is 12.8 Å². The van der Waals surface area contributed by atoms with Gasteiger partial charge in [-0.3, -0.25) is 4.79 Å². The first kappa shape index (κ1) is 20.9. The van der Waals surface area contributed by atoms with Crippen molar-refractivity contribution in [2.24, 2.45) is 0 Å². The first-order chi connectivity index (χ1) is 13.6. The summed E-state index contributed by atoms with van der Waals surface area (Å²) >= 11 is 0. The largest absolute Gasteiger partial charge is 0.501 e. The second-order valence-electron chi connectivity index (χ2n) is 6.23. The molecule has 1 aliphatic rings. The third-order valence-electron chi connectivity index (χ3n) is 4.20. The van der Waals surface area contributed by atoms with Gasteiger partial charge in [-0.05, 0) is 48.4 Å². The fourth-order valence-corrected chi connectivity index (χ4v) is 3.74. The molecule has 1 heterocycles. The molecule has 2 aromatic carbocycles. The van der Waals surface area contributed by atoms with Gasteiger partial charge in [0.25, 0.3) is 9.84 Å². The molecule has 1 aliphatic heterocycles. The number of rotatable bonds is 6. The number of hydrogen-bond donors (Lipinski definition) is 2. The summed E-state index contributed by atoms with van der Waals surface area (Å²) in [7, 11) is -5.71. The number of hydrogen-bond acceptors (Lipinski definition) is 5. The number of sulfone groups is 1. The Bertz CT molecular complexity index is 1040. The monoisotopic (exact) mass is 432 g/mol. The van der Waals surface area contributed by atoms with Crippen molar-refractivity contribution < 1.29 is 35.5 Å². The van der Waals surface area contributed by atoms with Gasteiger partial charge >= 0.3 is 5.51 Å². The second kappa shape index (κ2) is 7.90. The van der Waals surface area contributed by atoms with E-state index < -0.39 is 26.1 Å². The van der Waals surface area contributed by atoms with Crippen LogP contribution in [0.2, 0.25) is 0 Å². The Morgan fingerprint density at radius 1 is 1.10 bits per heavy atom. The molecule has 2 N–H and O–H groups in total. The molecule has 0 saturated carbocycles. The quantitative estimate of drug-likeness (QED) is 0.539. The summed E-state index contributed by atoms with van der Waals surface area (Å²) in [4.78, 5) is 10.2. The van der Waals surface area contributed by atoms with Crippen molar-refractivity contribution >= 4 is 27.1 Å². The molecule has 2 aromatic rings. The molecular formula is C18H16F4N2O4S. The molecule has 156 valence electrons. The number of carbonyl (C=O) groups excluding carboxylic acids is 1. The van der Waals surface area contributed by atoms with Gasteiger partial charge in [0.15, 0.2) is 0 Å². The van der Waals surface area contributed by atoms with Gasteiger partial charge in [-0.1, -0.05) is 0 Å². The number of alkyl halides is 3. The average Bonchev–Trinajstić information content (AvgIpc) is 2.65. The smallest absolute Gasteiger partial charge is 0.492 e. The molecule has 0 atom stereocenters. The van der Waals surface area contributed by atoms with Crippen LogP contribution < -0.4 is 15.4 Å². The molecule has 3 rings (SSSR count). The summed E-state index contributed by atoms with van der Waals surface area (Å²) in [6, 6.07) is 7.16. The number of anilines is 2. The fourth-order valence-electron chi connectivity index (χ4n) is 2.79. The number of aryl methyl sites for hydroxylation is 1. The van der Waals surface area contributed by atoms with Crippen LogP contribution in [0.5, 0.6) is 5.75 Å². The number of ether oxygens (including phenoxy) is 1. The fraction of sp³-hybridized carbons (Fsp3) is 0.278. The first-order valence-corrected chi connectivity index (χ1v) is 9.96. The zero-order valence-corrected chi connectivity index (χ0v) is 15.7. The van der Waals surface area contributed by atoms with Gasteiger partial charge in [0.2, 0.25) is 5.91 Å². The molecule has 6 nitrogen and oxygen atoms in total. The summed E-state index contributed by atoms with van der Waals surface area (Å²) in [5.74, 6) is -0.681. The lowest BCUT2D eigenvalue weighted by molar-refractivity contribution is -0.116. The van der Waals surface area contributed by atoms with E-state index in [2.05, 4.69) is 10.6 Å². The van der Waals surface area contributed by atoms with Crippen LogP contribution in [0.4, 0.5) is 28.9 Å². The van der Waals surface area contributed by atoms with E-state index in [9.17, 15) is 30.8 Å². The Labute approximate surface area is 163 Å². The topological polar surface area (TPSA) is 84.5 Å². The molecule has 0 aliphatic carbocycles. The number of fused-ring (bicyclic) bond motifs is 1. The van der Waals surface area contributed by atoms with E-state index >= 15 is 0 Å². The van der Waals surface area contributed by atoms with E-state index in [1.165, 1.54) is 0 Å². The molecule has 0 fully saturated rings. The van der Waals surface area contributed by atoms with Crippen LogP contribution in [0.3, 0.4) is 0 Å². The minimum absolute atomic E-state index is 0.00796. The molecule has 0 unspecified atom stereocenters. The predicted octanol–water partition coefficient (Wildman–Crippen LogP) is 3.49. The van der Waals surface area contributed by atoms with Gasteiger partial charge in [0.1, 0.15) is 23.1 Å². The van der Waals surface area contributed by atoms with Crippen molar-refractivity contribution in [1.82, 2.24) is 0 Å². The first-order valence-electron chi connectivity index (χ1n) is 8.48. The molecule has 1 amide bonds. The third-order valence-corrected chi connectivity index (χ3v) is 5.72. The normalized spacial score (nSPS) is 14.1. The van der Waals surface area contributed by atoms with Gasteiger partial charge < -0.3 is 15.4 Å². The van der Waals surface area contributed by atoms with Crippen molar-refractivity contribution in [2.75, 3.05) is 23.8 Å². The minimum Gasteiger partial charge on any atom is -0.492 e. The molecule has 0 bridgehead atoms. The molecular weight excluding hydrogens is 416 g/mol. The van der Waals surface area contributed by atoms with Crippen molar-refractivity contribution in [2.45, 2.75) is 23.2 Å². The molecule has 0 saturated heterocycles. The Morgan fingerprint density at radius 2 is 1.86 bits per heavy atom. The van der Waals surface area contributed by atoms with E-state index in [0.717, 1.165) is 17.7 Å². The van der Waals surface area contributed by atoms with Crippen molar-refractivity contribution in [1.29, 1.82) is 0 Å². The van der Waals surface area contributed by atoms with Gasteiger partial charge in [-0.2, -0.15) is 13.2 Å². The van der Waals surface area contributed by atoms with Gasteiger partial charge in [0.05, 0.1) is 5.69 Å². The Kier molecular flexibility index (Phi) is 5.69. The van der Waals surface area contributed by atoms with Crippen molar-refractivity contribution in [3.05, 3.63) is 47.8 Å². The number of nitrogens with one attached hydrogen (secondary N) is 2. The maximum Gasteiger partial charge on any atom is 0.501 e. The Balaban J connectivity index is 1.65. The summed E-state index contributed by atoms with van der Waals surface area (Å²) in [5.41, 5.74) is -4.33. The van der Waals surface area contributed by atoms with Crippen LogP contribution in [0, 0.1) is 5.82 Å². The lowest BCUT2D eigenvalue weighted by atomic mass is 10.0. The summed E-state index contributed by atoms with van der Waals surface area (Å²) in [5, 5.41) is 5.26. The molecule has 0 radical (unpaired) electrons. The summed E-state index contributed by atoms with van der Waals surface area (Å²) in [6.07, 6.45) is 0.921. The molecule has 11 heteroatoms. The summed E-state index contributed by atoms with van der Waals surface area (Å²) < 4.78 is 80.6. The minimum atomic E-state index is -5.71. The molecule has 0 aromatic heterocycles. The van der Waals surface area contributed by atoms with Crippen LogP contribution in [-0.2, 0) is 21.1 Å². The van der Waals surface area contributed by atoms with Gasteiger partial charge in [0, 0.05) is 18.7 Å². The number of benzene rings is 2. The van der Waals surface area contributed by atoms with Crippen molar-refractivity contribution in [3.63, 3.8) is 0 Å². The Hall–Kier alpha value is -2.82. The highest BCUT2D eigenvalue weighted by molar-refractivity contribution is 7.92. The lowest BCUT2D eigenvalue weighted by Crippen LogP contribution is -2.25. The highest BCUT2D eigenvalue weighted by Crippen LogP contribution is 2.34. The standard InChI is InChI=1S/C18H16F4N2O4S/c19-12-2-4-15(16(10-12)29(26,27)18(20,21)22)23-7-8-28-13-3-5-14-11(9-13)1-6-17(25)24-14/h2-5,9-10,23H,1,6-8H2,(H,24,25). The zero-order chi connectivity index (χ0) is 21.2. The third kappa shape index (κ3) is 4.61. The molecule has 29 heavy (non-hydrogen) atoms. The highest BCUT2D eigenvalue weighted by atomic mass is 32.2. The van der Waals surface area contributed by atoms with Crippen LogP contribution in [0.15, 0.2) is 41.3 Å². The van der Waals surface area contributed by atoms with E-state index in [1.54, 1.807) is 18.2 Å². The summed E-state index contributed by atoms with van der Waals surface area (Å²) in [6.45, 7) is -0.0200. The van der Waals surface area contributed by atoms with E-state index in [0.29, 0.717) is 30.3 Å². The Morgan fingerprint density at radius 3 is 2.59 bits per heavy atom. The maximum atomic E-state index is 13.3.